The molecule has 0 bridgehead atoms. The van der Waals surface area contributed by atoms with E-state index in [4.69, 9.17) is 21.1 Å². The zero-order valence-corrected chi connectivity index (χ0v) is 15.6. The molecule has 0 radical (unpaired) electrons. The normalized spacial score (nSPS) is 20.6. The van der Waals surface area contributed by atoms with Crippen LogP contribution in [0.4, 0.5) is 0 Å². The predicted octanol–water partition coefficient (Wildman–Crippen LogP) is 3.64. The van der Waals surface area contributed by atoms with E-state index < -0.39 is 5.97 Å². The lowest BCUT2D eigenvalue weighted by Gasteiger charge is -2.32. The van der Waals surface area contributed by atoms with E-state index in [0.29, 0.717) is 42.6 Å². The molecule has 1 saturated carbocycles. The summed E-state index contributed by atoms with van der Waals surface area (Å²) >= 11 is 6.17. The number of aliphatic carboxylic acids is 1. The van der Waals surface area contributed by atoms with E-state index in [0.717, 1.165) is 24.8 Å². The first-order valence-electron chi connectivity index (χ1n) is 9.19. The highest BCUT2D eigenvalue weighted by molar-refractivity contribution is 6.33. The van der Waals surface area contributed by atoms with E-state index in [9.17, 15) is 9.59 Å². The summed E-state index contributed by atoms with van der Waals surface area (Å²) in [6.45, 7) is 1.28. The van der Waals surface area contributed by atoms with Gasteiger partial charge in [-0.2, -0.15) is 0 Å². The van der Waals surface area contributed by atoms with Crippen LogP contribution < -0.4 is 0 Å². The maximum atomic E-state index is 12.5. The highest BCUT2D eigenvalue weighted by Crippen LogP contribution is 2.59. The van der Waals surface area contributed by atoms with E-state index >= 15 is 0 Å². The number of likely N-dealkylation sites (tertiary alicyclic amines) is 1. The fourth-order valence-corrected chi connectivity index (χ4v) is 4.26. The number of carboxylic acids is 1. The number of nitrogens with zero attached hydrogens (tertiary/aromatic N) is 2. The van der Waals surface area contributed by atoms with Crippen LogP contribution in [0.2, 0.25) is 5.02 Å². The summed E-state index contributed by atoms with van der Waals surface area (Å²) in [7, 11) is 0. The maximum Gasteiger partial charge on any atom is 0.307 e. The van der Waals surface area contributed by atoms with Gasteiger partial charge in [-0.3, -0.25) is 9.59 Å². The average molecular weight is 389 g/mol. The molecule has 1 spiro atoms. The lowest BCUT2D eigenvalue weighted by molar-refractivity contribution is -0.139. The van der Waals surface area contributed by atoms with Gasteiger partial charge in [0.1, 0.15) is 0 Å². The Hall–Kier alpha value is -2.34. The molecule has 1 N–H and O–H groups in total. The second-order valence-electron chi connectivity index (χ2n) is 7.44. The van der Waals surface area contributed by atoms with Gasteiger partial charge in [-0.25, -0.2) is 4.98 Å². The number of rotatable bonds is 5. The van der Waals surface area contributed by atoms with E-state index in [2.05, 4.69) is 4.98 Å². The van der Waals surface area contributed by atoms with Crippen molar-refractivity contribution < 1.29 is 19.1 Å². The highest BCUT2D eigenvalue weighted by atomic mass is 35.5. The molecule has 2 aromatic rings. The Bertz CT molecular complexity index is 870. The van der Waals surface area contributed by atoms with Crippen molar-refractivity contribution in [2.24, 2.45) is 11.3 Å². The lowest BCUT2D eigenvalue weighted by atomic mass is 9.90. The van der Waals surface area contributed by atoms with Crippen LogP contribution in [0.25, 0.3) is 11.3 Å². The molecule has 4 rings (SSSR count). The van der Waals surface area contributed by atoms with Crippen molar-refractivity contribution in [1.82, 2.24) is 9.88 Å². The maximum absolute atomic E-state index is 12.5. The smallest absolute Gasteiger partial charge is 0.307 e. The number of carbonyl (C=O) groups excluding carboxylic acids is 1. The minimum atomic E-state index is -0.701. The fraction of sp³-hybridized carbons (Fsp3) is 0.450. The monoisotopic (exact) mass is 388 g/mol. The van der Waals surface area contributed by atoms with Gasteiger partial charge in [0.05, 0.1) is 17.1 Å². The van der Waals surface area contributed by atoms with Crippen LogP contribution in [0.1, 0.15) is 31.6 Å². The Labute approximate surface area is 162 Å². The zero-order chi connectivity index (χ0) is 19.0. The fourth-order valence-electron chi connectivity index (χ4n) is 4.03. The second-order valence-corrected chi connectivity index (χ2v) is 7.84. The van der Waals surface area contributed by atoms with Crippen molar-refractivity contribution in [3.05, 3.63) is 41.4 Å². The van der Waals surface area contributed by atoms with Gasteiger partial charge in [0.2, 0.25) is 5.91 Å². The van der Waals surface area contributed by atoms with Crippen LogP contribution in [0.3, 0.4) is 0 Å². The van der Waals surface area contributed by atoms with Gasteiger partial charge in [0, 0.05) is 31.5 Å². The standard InChI is InChI=1S/C20H21ClN2O4/c21-15-4-2-1-3-13(15)16-12-22-17(27-16)5-6-18(24)23-9-7-20(8-10-23)11-14(20)19(25)26/h1-4,12,14H,5-11H2,(H,25,26). The van der Waals surface area contributed by atoms with Crippen LogP contribution in [0, 0.1) is 11.3 Å². The third kappa shape index (κ3) is 3.58. The molecule has 7 heteroatoms. The van der Waals surface area contributed by atoms with Gasteiger partial charge < -0.3 is 14.4 Å². The Morgan fingerprint density at radius 3 is 2.70 bits per heavy atom. The van der Waals surface area contributed by atoms with Crippen molar-refractivity contribution in [3.8, 4) is 11.3 Å². The second kappa shape index (κ2) is 7.00. The number of benzene rings is 1. The number of oxazole rings is 1. The summed E-state index contributed by atoms with van der Waals surface area (Å²) in [5, 5.41) is 9.75. The minimum absolute atomic E-state index is 0.0605. The van der Waals surface area contributed by atoms with Crippen molar-refractivity contribution in [3.63, 3.8) is 0 Å². The first kappa shape index (κ1) is 18.0. The lowest BCUT2D eigenvalue weighted by Crippen LogP contribution is -2.40. The molecule has 1 aliphatic heterocycles. The summed E-state index contributed by atoms with van der Waals surface area (Å²) in [5.74, 6) is 0.254. The largest absolute Gasteiger partial charge is 0.481 e. The van der Waals surface area contributed by atoms with E-state index in [-0.39, 0.29) is 17.2 Å². The number of carboxylic acid groups (broad SMARTS) is 1. The van der Waals surface area contributed by atoms with Gasteiger partial charge in [0.15, 0.2) is 11.7 Å². The molecule has 2 fully saturated rings. The molecule has 1 aliphatic carbocycles. The van der Waals surface area contributed by atoms with Crippen LogP contribution in [-0.2, 0) is 16.0 Å². The Balaban J connectivity index is 1.29. The number of hydrogen-bond acceptors (Lipinski definition) is 4. The highest BCUT2D eigenvalue weighted by Gasteiger charge is 2.59. The van der Waals surface area contributed by atoms with E-state index in [1.807, 2.05) is 23.1 Å². The van der Waals surface area contributed by atoms with Gasteiger partial charge in [0.25, 0.3) is 0 Å². The molecule has 1 saturated heterocycles. The molecule has 6 nitrogen and oxygen atoms in total. The number of carbonyl (C=O) groups is 2. The Morgan fingerprint density at radius 2 is 2.04 bits per heavy atom. The summed E-state index contributed by atoms with van der Waals surface area (Å²) in [6, 6.07) is 7.39. The van der Waals surface area contributed by atoms with Crippen molar-refractivity contribution in [2.45, 2.75) is 32.1 Å². The van der Waals surface area contributed by atoms with Crippen LogP contribution >= 0.6 is 11.6 Å². The van der Waals surface area contributed by atoms with Crippen LogP contribution in [0.5, 0.6) is 0 Å². The quantitative estimate of drug-likeness (QED) is 0.845. The zero-order valence-electron chi connectivity index (χ0n) is 14.9. The minimum Gasteiger partial charge on any atom is -0.481 e. The van der Waals surface area contributed by atoms with Crippen LogP contribution in [-0.4, -0.2) is 40.0 Å². The molecule has 2 aliphatic rings. The first-order valence-corrected chi connectivity index (χ1v) is 9.56. The molecule has 1 unspecified atom stereocenters. The SMILES string of the molecule is O=C(O)C1CC12CCN(C(=O)CCc1ncc(-c3ccccc3Cl)o1)CC2. The Kier molecular flexibility index (Phi) is 4.68. The summed E-state index contributed by atoms with van der Waals surface area (Å²) in [4.78, 5) is 29.7. The number of aryl methyl sites for hydroxylation is 1. The number of piperidine rings is 1. The molecule has 142 valence electrons. The molecular weight excluding hydrogens is 368 g/mol. The number of aromatic nitrogens is 1. The number of hydrogen-bond donors (Lipinski definition) is 1. The molecule has 1 amide bonds. The summed E-state index contributed by atoms with van der Waals surface area (Å²) in [5.41, 5.74) is 0.720. The topological polar surface area (TPSA) is 83.6 Å². The van der Waals surface area contributed by atoms with Gasteiger partial charge in [-0.15, -0.1) is 0 Å². The number of amides is 1. The first-order chi connectivity index (χ1) is 13.0. The molecular formula is C20H21ClN2O4. The van der Waals surface area contributed by atoms with Gasteiger partial charge in [-0.1, -0.05) is 23.7 Å². The predicted molar refractivity (Wildman–Crippen MR) is 99.3 cm³/mol. The third-order valence-electron chi connectivity index (χ3n) is 5.85. The van der Waals surface area contributed by atoms with Crippen molar-refractivity contribution >= 4 is 23.5 Å². The van der Waals surface area contributed by atoms with Gasteiger partial charge in [-0.05, 0) is 36.8 Å². The van der Waals surface area contributed by atoms with Crippen molar-refractivity contribution in [1.29, 1.82) is 0 Å². The molecule has 1 aromatic carbocycles. The summed E-state index contributed by atoms with van der Waals surface area (Å²) < 4.78 is 5.74. The molecule has 1 atom stereocenters. The third-order valence-corrected chi connectivity index (χ3v) is 6.17. The summed E-state index contributed by atoms with van der Waals surface area (Å²) in [6.07, 6.45) is 4.72. The average Bonchev–Trinajstić information content (AvgIpc) is 3.16. The molecule has 27 heavy (non-hydrogen) atoms. The van der Waals surface area contributed by atoms with Crippen LogP contribution in [0.15, 0.2) is 34.9 Å². The van der Waals surface area contributed by atoms with E-state index in [1.54, 1.807) is 12.3 Å². The molecule has 1 aromatic heterocycles. The molecule has 2 heterocycles. The van der Waals surface area contributed by atoms with Crippen molar-refractivity contribution in [2.75, 3.05) is 13.1 Å². The van der Waals surface area contributed by atoms with Gasteiger partial charge >= 0.3 is 5.97 Å². The number of halogens is 1. The van der Waals surface area contributed by atoms with E-state index in [1.165, 1.54) is 0 Å². The Morgan fingerprint density at radius 1 is 1.30 bits per heavy atom.